The zero-order valence-corrected chi connectivity index (χ0v) is 17.4. The lowest BCUT2D eigenvalue weighted by atomic mass is 10.2. The topological polar surface area (TPSA) is 51.2 Å². The lowest BCUT2D eigenvalue weighted by Crippen LogP contribution is -2.37. The number of benzene rings is 1. The number of halogens is 2. The maximum atomic E-state index is 12.6. The van der Waals surface area contributed by atoms with Crippen molar-refractivity contribution in [1.29, 1.82) is 0 Å². The number of nitrogens with zero attached hydrogens (tertiary/aromatic N) is 2. The minimum absolute atomic E-state index is 0.0193. The van der Waals surface area contributed by atoms with Crippen LogP contribution in [0.1, 0.15) is 31.7 Å². The molecule has 0 N–H and O–H groups in total. The van der Waals surface area contributed by atoms with Crippen LogP contribution in [0, 0.1) is 0 Å². The molecule has 6 nitrogen and oxygen atoms in total. The van der Waals surface area contributed by atoms with Gasteiger partial charge in [-0.15, -0.1) is 0 Å². The van der Waals surface area contributed by atoms with E-state index in [0.717, 1.165) is 52.0 Å². The molecule has 2 aliphatic rings. The second kappa shape index (κ2) is 11.3. The van der Waals surface area contributed by atoms with Crippen molar-refractivity contribution < 1.29 is 27.8 Å². The van der Waals surface area contributed by atoms with Gasteiger partial charge in [0.2, 0.25) is 5.91 Å². The van der Waals surface area contributed by atoms with Gasteiger partial charge in [0.1, 0.15) is 0 Å². The number of carbonyl (C=O) groups excluding carboxylic acids is 1. The number of hydrogen-bond donors (Lipinski definition) is 0. The standard InChI is InChI=1S/C22H30F2N2O4/c1-2-28-20-15-17(6-8-19(20)30-22(23)24)7-9-21(27)26-11-4-10-25(12-13-26)16-18-5-3-14-29-18/h6-9,15,18,22H,2-5,10-14,16H2,1H3/b9-7+. The lowest BCUT2D eigenvalue weighted by Gasteiger charge is -2.23. The molecule has 1 unspecified atom stereocenters. The molecule has 0 radical (unpaired) electrons. The molecule has 0 aliphatic carbocycles. The Kier molecular flexibility index (Phi) is 8.45. The molecule has 2 saturated heterocycles. The third kappa shape index (κ3) is 6.67. The Bertz CT molecular complexity index is 723. The molecule has 3 rings (SSSR count). The Hall–Kier alpha value is -2.19. The fourth-order valence-corrected chi connectivity index (χ4v) is 3.81. The number of amides is 1. The largest absolute Gasteiger partial charge is 0.490 e. The fraction of sp³-hybridized carbons (Fsp3) is 0.591. The van der Waals surface area contributed by atoms with Gasteiger partial charge in [0.05, 0.1) is 12.7 Å². The van der Waals surface area contributed by atoms with Gasteiger partial charge in [-0.2, -0.15) is 8.78 Å². The second-order valence-electron chi connectivity index (χ2n) is 7.47. The summed E-state index contributed by atoms with van der Waals surface area (Å²) in [6.45, 7) is 4.16. The highest BCUT2D eigenvalue weighted by Crippen LogP contribution is 2.30. The van der Waals surface area contributed by atoms with E-state index >= 15 is 0 Å². The Balaban J connectivity index is 1.56. The maximum Gasteiger partial charge on any atom is 0.387 e. The van der Waals surface area contributed by atoms with Crippen LogP contribution in [0.2, 0.25) is 0 Å². The highest BCUT2D eigenvalue weighted by atomic mass is 19.3. The van der Waals surface area contributed by atoms with Crippen LogP contribution in [0.25, 0.3) is 6.08 Å². The normalized spacial score (nSPS) is 20.7. The van der Waals surface area contributed by atoms with Gasteiger partial charge in [-0.3, -0.25) is 9.69 Å². The Labute approximate surface area is 176 Å². The molecule has 1 amide bonds. The van der Waals surface area contributed by atoms with E-state index in [-0.39, 0.29) is 17.4 Å². The van der Waals surface area contributed by atoms with Crippen molar-refractivity contribution in [3.05, 3.63) is 29.8 Å². The first kappa shape index (κ1) is 22.5. The molecule has 1 atom stereocenters. The van der Waals surface area contributed by atoms with Crippen molar-refractivity contribution in [1.82, 2.24) is 9.80 Å². The minimum atomic E-state index is -2.92. The van der Waals surface area contributed by atoms with Gasteiger partial charge in [0.15, 0.2) is 11.5 Å². The maximum absolute atomic E-state index is 12.6. The van der Waals surface area contributed by atoms with E-state index in [2.05, 4.69) is 9.64 Å². The number of carbonyl (C=O) groups is 1. The van der Waals surface area contributed by atoms with Crippen molar-refractivity contribution >= 4 is 12.0 Å². The summed E-state index contributed by atoms with van der Waals surface area (Å²) in [6.07, 6.45) is 6.70. The Morgan fingerprint density at radius 3 is 2.83 bits per heavy atom. The van der Waals surface area contributed by atoms with Gasteiger partial charge in [-0.1, -0.05) is 6.07 Å². The first-order chi connectivity index (χ1) is 14.5. The number of alkyl halides is 2. The molecule has 0 spiro atoms. The van der Waals surface area contributed by atoms with E-state index in [4.69, 9.17) is 9.47 Å². The summed E-state index contributed by atoms with van der Waals surface area (Å²) in [5.41, 5.74) is 0.684. The fourth-order valence-electron chi connectivity index (χ4n) is 3.81. The van der Waals surface area contributed by atoms with Crippen LogP contribution in [-0.4, -0.2) is 74.4 Å². The molecular formula is C22H30F2N2O4. The molecular weight excluding hydrogens is 394 g/mol. The van der Waals surface area contributed by atoms with Gasteiger partial charge in [0, 0.05) is 38.9 Å². The number of ether oxygens (including phenoxy) is 3. The van der Waals surface area contributed by atoms with Crippen molar-refractivity contribution in [3.8, 4) is 11.5 Å². The van der Waals surface area contributed by atoms with E-state index in [0.29, 0.717) is 24.8 Å². The first-order valence-corrected chi connectivity index (χ1v) is 10.6. The lowest BCUT2D eigenvalue weighted by molar-refractivity contribution is -0.125. The molecule has 2 fully saturated rings. The van der Waals surface area contributed by atoms with E-state index in [1.807, 2.05) is 4.90 Å². The molecule has 2 heterocycles. The third-order valence-corrected chi connectivity index (χ3v) is 5.29. The Morgan fingerprint density at radius 1 is 1.23 bits per heavy atom. The van der Waals surface area contributed by atoms with E-state index < -0.39 is 6.61 Å². The van der Waals surface area contributed by atoms with Gasteiger partial charge in [-0.05, 0) is 56.5 Å². The van der Waals surface area contributed by atoms with Crippen LogP contribution in [0.4, 0.5) is 8.78 Å². The molecule has 0 saturated carbocycles. The number of hydrogen-bond acceptors (Lipinski definition) is 5. The van der Waals surface area contributed by atoms with Crippen molar-refractivity contribution in [2.45, 2.75) is 38.9 Å². The molecule has 0 bridgehead atoms. The van der Waals surface area contributed by atoms with Crippen LogP contribution in [0.3, 0.4) is 0 Å². The highest BCUT2D eigenvalue weighted by Gasteiger charge is 2.22. The zero-order valence-electron chi connectivity index (χ0n) is 17.4. The average Bonchev–Trinajstić information content (AvgIpc) is 3.11. The van der Waals surface area contributed by atoms with Crippen molar-refractivity contribution in [2.75, 3.05) is 45.9 Å². The highest BCUT2D eigenvalue weighted by molar-refractivity contribution is 5.91. The van der Waals surface area contributed by atoms with Crippen LogP contribution < -0.4 is 9.47 Å². The monoisotopic (exact) mass is 424 g/mol. The molecule has 0 aromatic heterocycles. The molecule has 2 aliphatic heterocycles. The van der Waals surface area contributed by atoms with Gasteiger partial charge < -0.3 is 19.1 Å². The van der Waals surface area contributed by atoms with Gasteiger partial charge in [0.25, 0.3) is 0 Å². The summed E-state index contributed by atoms with van der Waals surface area (Å²) in [7, 11) is 0. The van der Waals surface area contributed by atoms with E-state index in [9.17, 15) is 13.6 Å². The van der Waals surface area contributed by atoms with E-state index in [1.54, 1.807) is 25.1 Å². The summed E-state index contributed by atoms with van der Waals surface area (Å²) in [5, 5.41) is 0. The third-order valence-electron chi connectivity index (χ3n) is 5.29. The van der Waals surface area contributed by atoms with Crippen molar-refractivity contribution in [2.24, 2.45) is 0 Å². The Morgan fingerprint density at radius 2 is 2.10 bits per heavy atom. The summed E-state index contributed by atoms with van der Waals surface area (Å²) >= 11 is 0. The first-order valence-electron chi connectivity index (χ1n) is 10.6. The molecule has 1 aromatic carbocycles. The SMILES string of the molecule is CCOc1cc(/C=C/C(=O)N2CCCN(CC3CCCO3)CC2)ccc1OC(F)F. The van der Waals surface area contributed by atoms with Crippen molar-refractivity contribution in [3.63, 3.8) is 0 Å². The van der Waals surface area contributed by atoms with Gasteiger partial charge in [-0.25, -0.2) is 0 Å². The predicted molar refractivity (Wildman–Crippen MR) is 110 cm³/mol. The summed E-state index contributed by atoms with van der Waals surface area (Å²) in [4.78, 5) is 16.9. The molecule has 30 heavy (non-hydrogen) atoms. The summed E-state index contributed by atoms with van der Waals surface area (Å²) < 4.78 is 40.6. The minimum Gasteiger partial charge on any atom is -0.490 e. The van der Waals surface area contributed by atoms with Crippen LogP contribution >= 0.6 is 0 Å². The zero-order chi connectivity index (χ0) is 21.3. The van der Waals surface area contributed by atoms with Gasteiger partial charge >= 0.3 is 6.61 Å². The molecule has 166 valence electrons. The molecule has 8 heteroatoms. The average molecular weight is 424 g/mol. The van der Waals surface area contributed by atoms with Crippen LogP contribution in [0.15, 0.2) is 24.3 Å². The van der Waals surface area contributed by atoms with E-state index in [1.165, 1.54) is 12.1 Å². The predicted octanol–water partition coefficient (Wildman–Crippen LogP) is 3.41. The molecule has 1 aromatic rings. The summed E-state index contributed by atoms with van der Waals surface area (Å²) in [6, 6.07) is 4.64. The van der Waals surface area contributed by atoms with Crippen LogP contribution in [-0.2, 0) is 9.53 Å². The number of rotatable bonds is 8. The summed E-state index contributed by atoms with van der Waals surface area (Å²) in [5.74, 6) is 0.154. The smallest absolute Gasteiger partial charge is 0.387 e. The van der Waals surface area contributed by atoms with Crippen LogP contribution in [0.5, 0.6) is 11.5 Å². The quantitative estimate of drug-likeness (QED) is 0.599. The second-order valence-corrected chi connectivity index (χ2v) is 7.47.